The van der Waals surface area contributed by atoms with Gasteiger partial charge in [-0.15, -0.1) is 11.3 Å². The van der Waals surface area contributed by atoms with Gasteiger partial charge in [0.05, 0.1) is 11.0 Å². The van der Waals surface area contributed by atoms with Gasteiger partial charge in [-0.25, -0.2) is 4.99 Å². The maximum absolute atomic E-state index is 5.17. The fourth-order valence-corrected chi connectivity index (χ4v) is 8.77. The van der Waals surface area contributed by atoms with E-state index in [4.69, 9.17) is 4.99 Å². The highest BCUT2D eigenvalue weighted by Gasteiger charge is 2.33. The summed E-state index contributed by atoms with van der Waals surface area (Å²) in [6, 6.07) is 61.3. The molecule has 3 nitrogen and oxygen atoms in total. The lowest BCUT2D eigenvalue weighted by Gasteiger charge is -2.41. The second-order valence-electron chi connectivity index (χ2n) is 12.8. The molecule has 4 heteroatoms. The number of amidine groups is 1. The van der Waals surface area contributed by atoms with E-state index in [2.05, 4.69) is 179 Å². The first kappa shape index (κ1) is 28.1. The highest BCUT2D eigenvalue weighted by Crippen LogP contribution is 2.44. The van der Waals surface area contributed by atoms with Crippen LogP contribution in [0, 0.1) is 0 Å². The highest BCUT2D eigenvalue weighted by molar-refractivity contribution is 7.26. The van der Waals surface area contributed by atoms with Crippen molar-refractivity contribution in [1.29, 1.82) is 0 Å². The van der Waals surface area contributed by atoms with Crippen LogP contribution in [0.2, 0.25) is 0 Å². The van der Waals surface area contributed by atoms with E-state index in [0.29, 0.717) is 0 Å². The molecule has 0 N–H and O–H groups in total. The number of thiophene rings is 1. The Bertz CT molecular complexity index is 2670. The van der Waals surface area contributed by atoms with Gasteiger partial charge in [0.25, 0.3) is 0 Å². The molecule has 0 saturated heterocycles. The van der Waals surface area contributed by atoms with Crippen molar-refractivity contribution < 1.29 is 0 Å². The van der Waals surface area contributed by atoms with Crippen molar-refractivity contribution >= 4 is 59.2 Å². The summed E-state index contributed by atoms with van der Waals surface area (Å²) < 4.78 is 5.12. The molecule has 1 aliphatic rings. The Morgan fingerprint density at radius 3 is 2.00 bits per heavy atom. The number of benzene rings is 7. The maximum Gasteiger partial charge on any atom is 0.150 e. The molecule has 0 amide bonds. The van der Waals surface area contributed by atoms with Crippen molar-refractivity contribution in [3.63, 3.8) is 0 Å². The fourth-order valence-electron chi connectivity index (χ4n) is 7.51. The summed E-state index contributed by atoms with van der Waals surface area (Å²) in [4.78, 5) is 7.59. The predicted octanol–water partition coefficient (Wildman–Crippen LogP) is 11.8. The van der Waals surface area contributed by atoms with Crippen LogP contribution in [0.4, 0.5) is 0 Å². The van der Waals surface area contributed by atoms with Crippen LogP contribution in [-0.4, -0.2) is 15.3 Å². The molecule has 0 unspecified atom stereocenters. The quantitative estimate of drug-likeness (QED) is 0.176. The summed E-state index contributed by atoms with van der Waals surface area (Å²) in [7, 11) is 0. The number of fused-ring (bicyclic) bond motifs is 7. The van der Waals surface area contributed by atoms with Gasteiger partial charge in [-0.2, -0.15) is 0 Å². The molecule has 9 aromatic rings. The molecule has 2 aromatic heterocycles. The second kappa shape index (κ2) is 11.3. The zero-order chi connectivity index (χ0) is 32.3. The van der Waals surface area contributed by atoms with Gasteiger partial charge in [-0.1, -0.05) is 127 Å². The van der Waals surface area contributed by atoms with E-state index >= 15 is 0 Å². The molecule has 0 radical (unpaired) electrons. The summed E-state index contributed by atoms with van der Waals surface area (Å²) in [6.07, 6.45) is 0.00791. The van der Waals surface area contributed by atoms with E-state index < -0.39 is 0 Å². The molecule has 0 fully saturated rings. The minimum Gasteiger partial charge on any atom is -0.326 e. The van der Waals surface area contributed by atoms with E-state index in [-0.39, 0.29) is 6.17 Å². The molecular weight excluding hydrogens is 615 g/mol. The van der Waals surface area contributed by atoms with E-state index in [9.17, 15) is 0 Å². The normalized spacial score (nSPS) is 14.5. The maximum atomic E-state index is 5.17. The Balaban J connectivity index is 1.12. The van der Waals surface area contributed by atoms with Crippen molar-refractivity contribution in [2.75, 3.05) is 0 Å². The van der Waals surface area contributed by atoms with Crippen molar-refractivity contribution in [2.45, 2.75) is 12.7 Å². The number of hydrogen-bond donors (Lipinski definition) is 0. The lowest BCUT2D eigenvalue weighted by atomic mass is 10.0. The molecule has 49 heavy (non-hydrogen) atoms. The van der Waals surface area contributed by atoms with Gasteiger partial charge in [0, 0.05) is 48.7 Å². The zero-order valence-electron chi connectivity index (χ0n) is 26.7. The van der Waals surface area contributed by atoms with E-state index in [1.54, 1.807) is 0 Å². The summed E-state index contributed by atoms with van der Waals surface area (Å²) in [5, 5.41) is 5.24. The number of rotatable bonds is 6. The number of aromatic nitrogens is 1. The number of aliphatic imine (C=N–C) groups is 1. The minimum atomic E-state index is 0.00791. The van der Waals surface area contributed by atoms with Gasteiger partial charge in [0.15, 0.2) is 6.17 Å². The average Bonchev–Trinajstić information content (AvgIpc) is 3.70. The summed E-state index contributed by atoms with van der Waals surface area (Å²) in [5.74, 6) is 1.03. The highest BCUT2D eigenvalue weighted by atomic mass is 32.1. The smallest absolute Gasteiger partial charge is 0.150 e. The van der Waals surface area contributed by atoms with Gasteiger partial charge in [0.2, 0.25) is 0 Å². The van der Waals surface area contributed by atoms with Crippen molar-refractivity contribution in [1.82, 2.24) is 9.47 Å². The van der Waals surface area contributed by atoms with Crippen LogP contribution >= 0.6 is 11.3 Å². The van der Waals surface area contributed by atoms with Crippen molar-refractivity contribution in [3.05, 3.63) is 187 Å². The van der Waals surface area contributed by atoms with Crippen LogP contribution in [0.3, 0.4) is 0 Å². The monoisotopic (exact) mass is 645 g/mol. The van der Waals surface area contributed by atoms with Gasteiger partial charge in [-0.3, -0.25) is 0 Å². The fraction of sp³-hybridized carbons (Fsp3) is 0.0444. The molecule has 0 aliphatic carbocycles. The molecule has 7 aromatic carbocycles. The molecule has 3 heterocycles. The Morgan fingerprint density at radius 2 is 1.20 bits per heavy atom. The third-order valence-electron chi connectivity index (χ3n) is 9.87. The van der Waals surface area contributed by atoms with Crippen molar-refractivity contribution in [2.24, 2.45) is 4.99 Å². The van der Waals surface area contributed by atoms with Gasteiger partial charge < -0.3 is 9.47 Å². The van der Waals surface area contributed by atoms with Crippen LogP contribution in [-0.2, 0) is 6.54 Å². The summed E-state index contributed by atoms with van der Waals surface area (Å²) >= 11 is 1.90. The zero-order valence-corrected chi connectivity index (χ0v) is 27.5. The van der Waals surface area contributed by atoms with Crippen molar-refractivity contribution in [3.8, 4) is 16.8 Å². The van der Waals surface area contributed by atoms with Crippen LogP contribution < -0.4 is 0 Å². The number of nitrogens with zero attached hydrogens (tertiary/aromatic N) is 3. The Labute approximate surface area is 288 Å². The van der Waals surface area contributed by atoms with Crippen LogP contribution in [0.5, 0.6) is 0 Å². The lowest BCUT2D eigenvalue weighted by molar-refractivity contribution is 0.268. The third kappa shape index (κ3) is 4.60. The van der Waals surface area contributed by atoms with Crippen LogP contribution in [0.1, 0.15) is 22.9 Å². The van der Waals surface area contributed by atoms with E-state index in [0.717, 1.165) is 23.6 Å². The Kier molecular flexibility index (Phi) is 6.49. The van der Waals surface area contributed by atoms with E-state index in [1.165, 1.54) is 64.2 Å². The lowest BCUT2D eigenvalue weighted by Crippen LogP contribution is -2.42. The molecule has 0 bridgehead atoms. The van der Waals surface area contributed by atoms with Gasteiger partial charge >= 0.3 is 0 Å². The SMILES string of the molecule is c1ccc(CN2C(c3ccc(-n4c5cc(-c6ccccc6)ccc5c5c6sc7ccccc7c6ccc54)cc3)=N[C@@H]2c2ccccc2)cc1. The Hall–Kier alpha value is -5.97. The molecule has 232 valence electrons. The van der Waals surface area contributed by atoms with Crippen LogP contribution in [0.15, 0.2) is 175 Å². The average molecular weight is 646 g/mol. The van der Waals surface area contributed by atoms with Gasteiger partial charge in [-0.05, 0) is 64.7 Å². The summed E-state index contributed by atoms with van der Waals surface area (Å²) in [5.41, 5.74) is 9.64. The van der Waals surface area contributed by atoms with Crippen LogP contribution in [0.25, 0.3) is 58.8 Å². The largest absolute Gasteiger partial charge is 0.326 e. The topological polar surface area (TPSA) is 20.5 Å². The molecule has 1 atom stereocenters. The first-order valence-corrected chi connectivity index (χ1v) is 17.6. The predicted molar refractivity (Wildman–Crippen MR) is 207 cm³/mol. The minimum absolute atomic E-state index is 0.00791. The molecule has 0 saturated carbocycles. The molecule has 10 rings (SSSR count). The summed E-state index contributed by atoms with van der Waals surface area (Å²) in [6.45, 7) is 0.807. The first-order chi connectivity index (χ1) is 24.3. The van der Waals surface area contributed by atoms with E-state index in [1.807, 2.05) is 11.3 Å². The Morgan fingerprint density at radius 1 is 0.531 bits per heavy atom. The first-order valence-electron chi connectivity index (χ1n) is 16.8. The molecular formula is C45H31N3S. The second-order valence-corrected chi connectivity index (χ2v) is 13.8. The third-order valence-corrected chi connectivity index (χ3v) is 11.1. The number of hydrogen-bond acceptors (Lipinski definition) is 3. The van der Waals surface area contributed by atoms with Gasteiger partial charge in [0.1, 0.15) is 5.84 Å². The molecule has 1 aliphatic heterocycles. The molecule has 0 spiro atoms. The standard InChI is InChI=1S/C45H31N3S/c1-4-12-30(13-5-1)29-47-44(32-16-8-3-9-17-32)46-45(47)33-20-23-35(24-21-33)48-39-27-26-37-36-18-10-11-19-41(36)49-43(37)42(39)38-25-22-34(28-40(38)48)31-14-6-2-7-15-31/h1-28,44H,29H2/t44-/m0/s1.